The molecule has 0 saturated heterocycles. The Balaban J connectivity index is 2.27. The van der Waals surface area contributed by atoms with Crippen molar-refractivity contribution in [3.63, 3.8) is 0 Å². The SMILES string of the molecule is CCCCNCc1ccc(COCC)cn1. The molecule has 1 N–H and O–H groups in total. The van der Waals surface area contributed by atoms with Gasteiger partial charge in [0.25, 0.3) is 0 Å². The van der Waals surface area contributed by atoms with Gasteiger partial charge in [0.2, 0.25) is 0 Å². The first-order valence-corrected chi connectivity index (χ1v) is 6.09. The lowest BCUT2D eigenvalue weighted by atomic mass is 10.2. The maximum atomic E-state index is 5.32. The van der Waals surface area contributed by atoms with Crippen LogP contribution in [-0.4, -0.2) is 18.1 Å². The molecule has 0 aromatic carbocycles. The van der Waals surface area contributed by atoms with Crippen molar-refractivity contribution < 1.29 is 4.74 Å². The Bertz CT molecular complexity index is 272. The van der Waals surface area contributed by atoms with Crippen LogP contribution in [0.4, 0.5) is 0 Å². The molecular formula is C13H22N2O. The second-order valence-corrected chi connectivity index (χ2v) is 3.83. The molecule has 0 aliphatic carbocycles. The molecule has 1 rings (SSSR count). The van der Waals surface area contributed by atoms with E-state index in [2.05, 4.69) is 29.4 Å². The second-order valence-electron chi connectivity index (χ2n) is 3.83. The average Bonchev–Trinajstić information content (AvgIpc) is 2.33. The highest BCUT2D eigenvalue weighted by Gasteiger charge is 1.96. The Morgan fingerprint density at radius 2 is 2.19 bits per heavy atom. The third-order valence-electron chi connectivity index (χ3n) is 2.37. The summed E-state index contributed by atoms with van der Waals surface area (Å²) in [5, 5.41) is 3.37. The standard InChI is InChI=1S/C13H22N2O/c1-3-5-8-14-10-13-7-6-12(9-15-13)11-16-4-2/h6-7,9,14H,3-5,8,10-11H2,1-2H3. The smallest absolute Gasteiger partial charge is 0.0731 e. The maximum Gasteiger partial charge on any atom is 0.0731 e. The lowest BCUT2D eigenvalue weighted by Gasteiger charge is -2.05. The summed E-state index contributed by atoms with van der Waals surface area (Å²) in [5.41, 5.74) is 2.23. The van der Waals surface area contributed by atoms with Gasteiger partial charge in [-0.05, 0) is 31.5 Å². The van der Waals surface area contributed by atoms with E-state index < -0.39 is 0 Å². The monoisotopic (exact) mass is 222 g/mol. The maximum absolute atomic E-state index is 5.32. The highest BCUT2D eigenvalue weighted by Crippen LogP contribution is 2.02. The number of nitrogens with one attached hydrogen (secondary N) is 1. The molecule has 0 spiro atoms. The molecule has 1 aromatic heterocycles. The molecule has 3 nitrogen and oxygen atoms in total. The van der Waals surface area contributed by atoms with Gasteiger partial charge in [-0.1, -0.05) is 19.4 Å². The van der Waals surface area contributed by atoms with Gasteiger partial charge in [0.15, 0.2) is 0 Å². The Hall–Kier alpha value is -0.930. The first kappa shape index (κ1) is 13.1. The fourth-order valence-electron chi connectivity index (χ4n) is 1.38. The molecule has 1 aromatic rings. The van der Waals surface area contributed by atoms with Crippen molar-refractivity contribution in [2.24, 2.45) is 0 Å². The normalized spacial score (nSPS) is 10.6. The molecule has 0 amide bonds. The second kappa shape index (κ2) is 8.25. The number of hydrogen-bond acceptors (Lipinski definition) is 3. The van der Waals surface area contributed by atoms with E-state index in [4.69, 9.17) is 4.74 Å². The Morgan fingerprint density at radius 1 is 1.31 bits per heavy atom. The van der Waals surface area contributed by atoms with Crippen molar-refractivity contribution in [2.75, 3.05) is 13.2 Å². The predicted octanol–water partition coefficient (Wildman–Crippen LogP) is 2.51. The van der Waals surface area contributed by atoms with Gasteiger partial charge in [-0.25, -0.2) is 0 Å². The van der Waals surface area contributed by atoms with Crippen molar-refractivity contribution in [1.82, 2.24) is 10.3 Å². The summed E-state index contributed by atoms with van der Waals surface area (Å²) in [6.45, 7) is 7.53. The minimum atomic E-state index is 0.660. The van der Waals surface area contributed by atoms with Crippen molar-refractivity contribution in [1.29, 1.82) is 0 Å². The van der Waals surface area contributed by atoms with Crippen molar-refractivity contribution >= 4 is 0 Å². The molecular weight excluding hydrogens is 200 g/mol. The van der Waals surface area contributed by atoms with Crippen LogP contribution in [0.2, 0.25) is 0 Å². The van der Waals surface area contributed by atoms with E-state index in [-0.39, 0.29) is 0 Å². The zero-order valence-corrected chi connectivity index (χ0v) is 10.3. The first-order chi connectivity index (χ1) is 7.86. The van der Waals surface area contributed by atoms with Gasteiger partial charge in [-0.15, -0.1) is 0 Å². The summed E-state index contributed by atoms with van der Waals surface area (Å²) in [7, 11) is 0. The van der Waals surface area contributed by atoms with Gasteiger partial charge >= 0.3 is 0 Å². The number of ether oxygens (including phenoxy) is 1. The minimum Gasteiger partial charge on any atom is -0.377 e. The topological polar surface area (TPSA) is 34.1 Å². The number of unbranched alkanes of at least 4 members (excludes halogenated alkanes) is 1. The third kappa shape index (κ3) is 5.24. The van der Waals surface area contributed by atoms with Crippen LogP contribution in [0, 0.1) is 0 Å². The Kier molecular flexibility index (Phi) is 6.77. The van der Waals surface area contributed by atoms with E-state index in [0.29, 0.717) is 6.61 Å². The van der Waals surface area contributed by atoms with Gasteiger partial charge in [0.1, 0.15) is 0 Å². The van der Waals surface area contributed by atoms with Crippen LogP contribution < -0.4 is 5.32 Å². The van der Waals surface area contributed by atoms with E-state index in [0.717, 1.165) is 31.0 Å². The van der Waals surface area contributed by atoms with Crippen LogP contribution >= 0.6 is 0 Å². The largest absolute Gasteiger partial charge is 0.377 e. The molecule has 1 heterocycles. The minimum absolute atomic E-state index is 0.660. The van der Waals surface area contributed by atoms with Gasteiger partial charge in [0.05, 0.1) is 12.3 Å². The van der Waals surface area contributed by atoms with Crippen molar-refractivity contribution in [3.8, 4) is 0 Å². The lowest BCUT2D eigenvalue weighted by Crippen LogP contribution is -2.15. The van der Waals surface area contributed by atoms with Crippen LogP contribution in [0.1, 0.15) is 37.9 Å². The van der Waals surface area contributed by atoms with Crippen LogP contribution in [0.5, 0.6) is 0 Å². The van der Waals surface area contributed by atoms with Crippen LogP contribution in [-0.2, 0) is 17.9 Å². The number of pyridine rings is 1. The number of rotatable bonds is 8. The number of aromatic nitrogens is 1. The van der Waals surface area contributed by atoms with E-state index in [1.165, 1.54) is 12.8 Å². The van der Waals surface area contributed by atoms with Crippen molar-refractivity contribution in [2.45, 2.75) is 39.8 Å². The van der Waals surface area contributed by atoms with E-state index in [1.807, 2.05) is 13.1 Å². The van der Waals surface area contributed by atoms with E-state index in [1.54, 1.807) is 0 Å². The number of hydrogen-bond donors (Lipinski definition) is 1. The van der Waals surface area contributed by atoms with Crippen molar-refractivity contribution in [3.05, 3.63) is 29.6 Å². The van der Waals surface area contributed by atoms with Gasteiger partial charge in [-0.3, -0.25) is 4.98 Å². The molecule has 0 aliphatic heterocycles. The molecule has 0 fully saturated rings. The predicted molar refractivity (Wildman–Crippen MR) is 66.2 cm³/mol. The molecule has 16 heavy (non-hydrogen) atoms. The lowest BCUT2D eigenvalue weighted by molar-refractivity contribution is 0.134. The number of nitrogens with zero attached hydrogens (tertiary/aromatic N) is 1. The highest BCUT2D eigenvalue weighted by molar-refractivity contribution is 5.13. The molecule has 90 valence electrons. The Labute approximate surface area is 98.2 Å². The molecule has 0 radical (unpaired) electrons. The molecule has 0 atom stereocenters. The molecule has 0 unspecified atom stereocenters. The van der Waals surface area contributed by atoms with E-state index in [9.17, 15) is 0 Å². The van der Waals surface area contributed by atoms with Gasteiger partial charge in [-0.2, -0.15) is 0 Å². The third-order valence-corrected chi connectivity index (χ3v) is 2.37. The highest BCUT2D eigenvalue weighted by atomic mass is 16.5. The van der Waals surface area contributed by atoms with Crippen LogP contribution in [0.15, 0.2) is 18.3 Å². The van der Waals surface area contributed by atoms with Crippen LogP contribution in [0.25, 0.3) is 0 Å². The molecule has 0 bridgehead atoms. The molecule has 0 aliphatic rings. The molecule has 3 heteroatoms. The molecule has 0 saturated carbocycles. The summed E-state index contributed by atoms with van der Waals surface area (Å²) in [6.07, 6.45) is 4.35. The zero-order valence-electron chi connectivity index (χ0n) is 10.3. The first-order valence-electron chi connectivity index (χ1n) is 6.09. The summed E-state index contributed by atoms with van der Waals surface area (Å²) in [4.78, 5) is 4.39. The van der Waals surface area contributed by atoms with Gasteiger partial charge in [0, 0.05) is 19.3 Å². The zero-order chi connectivity index (χ0) is 11.6. The van der Waals surface area contributed by atoms with Gasteiger partial charge < -0.3 is 10.1 Å². The Morgan fingerprint density at radius 3 is 2.81 bits per heavy atom. The fraction of sp³-hybridized carbons (Fsp3) is 0.615. The summed E-state index contributed by atoms with van der Waals surface area (Å²) in [5.74, 6) is 0. The summed E-state index contributed by atoms with van der Waals surface area (Å²) < 4.78 is 5.32. The summed E-state index contributed by atoms with van der Waals surface area (Å²) in [6, 6.07) is 4.15. The van der Waals surface area contributed by atoms with Crippen LogP contribution in [0.3, 0.4) is 0 Å². The quantitative estimate of drug-likeness (QED) is 0.686. The fourth-order valence-corrected chi connectivity index (χ4v) is 1.38. The summed E-state index contributed by atoms with van der Waals surface area (Å²) >= 11 is 0. The van der Waals surface area contributed by atoms with E-state index >= 15 is 0 Å². The average molecular weight is 222 g/mol.